The van der Waals surface area contributed by atoms with Gasteiger partial charge >= 0.3 is 5.97 Å². The van der Waals surface area contributed by atoms with E-state index in [1.807, 2.05) is 6.92 Å². The molecule has 9 nitrogen and oxygen atoms in total. The average Bonchev–Trinajstić information content (AvgIpc) is 3.34. The zero-order valence-corrected chi connectivity index (χ0v) is 18.0. The monoisotopic (exact) mass is 435 g/mol. The van der Waals surface area contributed by atoms with Crippen molar-refractivity contribution in [2.24, 2.45) is 0 Å². The second-order valence-electron chi connectivity index (χ2n) is 7.13. The minimum Gasteiger partial charge on any atom is -0.462 e. The van der Waals surface area contributed by atoms with Gasteiger partial charge in [-0.25, -0.2) is 13.2 Å². The molecule has 0 saturated carbocycles. The summed E-state index contributed by atoms with van der Waals surface area (Å²) in [6, 6.07) is 5.45. The van der Waals surface area contributed by atoms with Crippen LogP contribution in [0, 0.1) is 13.8 Å². The summed E-state index contributed by atoms with van der Waals surface area (Å²) in [6.07, 6.45) is 1.72. The molecule has 3 rings (SSSR count). The maximum absolute atomic E-state index is 13.1. The quantitative estimate of drug-likeness (QED) is 0.664. The lowest BCUT2D eigenvalue weighted by Gasteiger charge is -2.23. The number of hydrogen-bond acceptors (Lipinski definition) is 7. The smallest absolute Gasteiger partial charge is 0.338 e. The van der Waals surface area contributed by atoms with Crippen LogP contribution >= 0.6 is 0 Å². The summed E-state index contributed by atoms with van der Waals surface area (Å²) in [6.45, 7) is 5.58. The maximum atomic E-state index is 13.1. The van der Waals surface area contributed by atoms with Gasteiger partial charge in [0.05, 0.1) is 12.2 Å². The van der Waals surface area contributed by atoms with Crippen molar-refractivity contribution in [3.8, 4) is 0 Å². The molecule has 0 bridgehead atoms. The lowest BCUT2D eigenvalue weighted by molar-refractivity contribution is -0.119. The van der Waals surface area contributed by atoms with Gasteiger partial charge in [-0.2, -0.15) is 4.31 Å². The first-order valence-corrected chi connectivity index (χ1v) is 11.2. The molecule has 1 aliphatic rings. The standard InChI is InChI=1S/C20H25N3O6S/c1-4-12-28-20(25)15-7-9-16(10-8-15)21-19(24)17-6-5-11-23(17)30(26,27)18-13(2)22-29-14(18)3/h7-10,17H,4-6,11-12H2,1-3H3,(H,21,24)/t17-/m0/s1. The first-order valence-electron chi connectivity index (χ1n) is 9.78. The van der Waals surface area contributed by atoms with Crippen LogP contribution in [0.1, 0.15) is 48.0 Å². The van der Waals surface area contributed by atoms with Crippen LogP contribution in [0.4, 0.5) is 5.69 Å². The van der Waals surface area contributed by atoms with Crippen LogP contribution in [-0.4, -0.2) is 48.9 Å². The van der Waals surface area contributed by atoms with E-state index in [2.05, 4.69) is 10.5 Å². The van der Waals surface area contributed by atoms with Crippen LogP contribution < -0.4 is 5.32 Å². The molecular weight excluding hydrogens is 410 g/mol. The molecule has 2 aromatic rings. The van der Waals surface area contributed by atoms with Crippen LogP contribution in [-0.2, 0) is 19.6 Å². The molecule has 1 saturated heterocycles. The largest absolute Gasteiger partial charge is 0.462 e. The Kier molecular flexibility index (Phi) is 6.57. The minimum atomic E-state index is -3.91. The van der Waals surface area contributed by atoms with Crippen molar-refractivity contribution in [1.82, 2.24) is 9.46 Å². The van der Waals surface area contributed by atoms with Crippen molar-refractivity contribution >= 4 is 27.6 Å². The van der Waals surface area contributed by atoms with E-state index < -0.39 is 27.9 Å². The van der Waals surface area contributed by atoms with E-state index >= 15 is 0 Å². The van der Waals surface area contributed by atoms with E-state index in [9.17, 15) is 18.0 Å². The lowest BCUT2D eigenvalue weighted by atomic mass is 10.2. The van der Waals surface area contributed by atoms with Gasteiger partial charge in [-0.3, -0.25) is 4.79 Å². The molecule has 2 heterocycles. The molecule has 1 fully saturated rings. The van der Waals surface area contributed by atoms with E-state index in [0.29, 0.717) is 30.7 Å². The number of ether oxygens (including phenoxy) is 1. The number of hydrogen-bond donors (Lipinski definition) is 1. The summed E-state index contributed by atoms with van der Waals surface area (Å²) in [7, 11) is -3.91. The van der Waals surface area contributed by atoms with E-state index in [1.54, 1.807) is 31.2 Å². The Morgan fingerprint density at radius 2 is 1.97 bits per heavy atom. The molecule has 1 aromatic heterocycles. The number of rotatable bonds is 7. The lowest BCUT2D eigenvalue weighted by Crippen LogP contribution is -2.43. The highest BCUT2D eigenvalue weighted by Crippen LogP contribution is 2.30. The molecule has 30 heavy (non-hydrogen) atoms. The van der Waals surface area contributed by atoms with Crippen LogP contribution in [0.3, 0.4) is 0 Å². The van der Waals surface area contributed by atoms with Crippen molar-refractivity contribution < 1.29 is 27.3 Å². The molecule has 1 atom stereocenters. The Bertz CT molecular complexity index is 1010. The van der Waals surface area contributed by atoms with Gasteiger partial charge in [0.25, 0.3) is 0 Å². The van der Waals surface area contributed by atoms with Crippen molar-refractivity contribution in [2.45, 2.75) is 51.0 Å². The number of aromatic nitrogens is 1. The Morgan fingerprint density at radius 3 is 2.57 bits per heavy atom. The van der Waals surface area contributed by atoms with Crippen LogP contribution in [0.5, 0.6) is 0 Å². The number of sulfonamides is 1. The second kappa shape index (κ2) is 8.97. The second-order valence-corrected chi connectivity index (χ2v) is 8.96. The number of benzene rings is 1. The number of carbonyl (C=O) groups excluding carboxylic acids is 2. The molecular formula is C20H25N3O6S. The first-order chi connectivity index (χ1) is 14.3. The summed E-state index contributed by atoms with van der Waals surface area (Å²) in [4.78, 5) is 24.7. The summed E-state index contributed by atoms with van der Waals surface area (Å²) in [5.74, 6) is -0.657. The van der Waals surface area contributed by atoms with Crippen molar-refractivity contribution in [1.29, 1.82) is 0 Å². The molecule has 0 spiro atoms. The molecule has 0 radical (unpaired) electrons. The van der Waals surface area contributed by atoms with Gasteiger partial charge in [0.2, 0.25) is 15.9 Å². The molecule has 0 unspecified atom stereocenters. The number of esters is 1. The predicted molar refractivity (Wildman–Crippen MR) is 109 cm³/mol. The topological polar surface area (TPSA) is 119 Å². The average molecular weight is 436 g/mol. The fourth-order valence-electron chi connectivity index (χ4n) is 3.44. The fourth-order valence-corrected chi connectivity index (χ4v) is 5.39. The number of nitrogens with zero attached hydrogens (tertiary/aromatic N) is 2. The van der Waals surface area contributed by atoms with Crippen molar-refractivity contribution in [2.75, 3.05) is 18.5 Å². The van der Waals surface area contributed by atoms with Gasteiger partial charge in [-0.05, 0) is 57.4 Å². The number of anilines is 1. The summed E-state index contributed by atoms with van der Waals surface area (Å²) in [5.41, 5.74) is 1.11. The Balaban J connectivity index is 1.73. The van der Waals surface area contributed by atoms with Crippen LogP contribution in [0.2, 0.25) is 0 Å². The highest BCUT2D eigenvalue weighted by molar-refractivity contribution is 7.89. The first kappa shape index (κ1) is 22.0. The maximum Gasteiger partial charge on any atom is 0.338 e. The fraction of sp³-hybridized carbons (Fsp3) is 0.450. The molecule has 1 aromatic carbocycles. The Hall–Kier alpha value is -2.72. The summed E-state index contributed by atoms with van der Waals surface area (Å²) >= 11 is 0. The van der Waals surface area contributed by atoms with Gasteiger partial charge < -0.3 is 14.6 Å². The SMILES string of the molecule is CCCOC(=O)c1ccc(NC(=O)[C@@H]2CCCN2S(=O)(=O)c2c(C)noc2C)cc1. The zero-order valence-electron chi connectivity index (χ0n) is 17.2. The summed E-state index contributed by atoms with van der Waals surface area (Å²) in [5, 5.41) is 6.45. The van der Waals surface area contributed by atoms with E-state index in [0.717, 1.165) is 6.42 Å². The van der Waals surface area contributed by atoms with E-state index in [4.69, 9.17) is 9.26 Å². The molecule has 1 N–H and O–H groups in total. The van der Waals surface area contributed by atoms with Crippen LogP contribution in [0.25, 0.3) is 0 Å². The molecule has 10 heteroatoms. The van der Waals surface area contributed by atoms with E-state index in [1.165, 1.54) is 11.2 Å². The van der Waals surface area contributed by atoms with E-state index in [-0.39, 0.29) is 22.9 Å². The number of aryl methyl sites for hydroxylation is 2. The third-order valence-electron chi connectivity index (χ3n) is 4.87. The molecule has 162 valence electrons. The number of nitrogens with one attached hydrogen (secondary N) is 1. The minimum absolute atomic E-state index is 0.0112. The predicted octanol–water partition coefficient (Wildman–Crippen LogP) is 2.65. The highest BCUT2D eigenvalue weighted by atomic mass is 32.2. The number of carbonyl (C=O) groups is 2. The normalized spacial score (nSPS) is 17.1. The summed E-state index contributed by atoms with van der Waals surface area (Å²) < 4.78 is 37.5. The Morgan fingerprint density at radius 1 is 1.27 bits per heavy atom. The third kappa shape index (κ3) is 4.39. The van der Waals surface area contributed by atoms with Gasteiger partial charge in [0.15, 0.2) is 5.76 Å². The van der Waals surface area contributed by atoms with Gasteiger partial charge in [-0.1, -0.05) is 12.1 Å². The third-order valence-corrected chi connectivity index (χ3v) is 7.02. The van der Waals surface area contributed by atoms with Gasteiger partial charge in [0.1, 0.15) is 16.6 Å². The molecule has 1 aliphatic heterocycles. The van der Waals surface area contributed by atoms with Gasteiger partial charge in [0, 0.05) is 12.2 Å². The van der Waals surface area contributed by atoms with Crippen molar-refractivity contribution in [3.63, 3.8) is 0 Å². The van der Waals surface area contributed by atoms with Crippen LogP contribution in [0.15, 0.2) is 33.7 Å². The Labute approximate surface area is 175 Å². The highest BCUT2D eigenvalue weighted by Gasteiger charge is 2.41. The van der Waals surface area contributed by atoms with Gasteiger partial charge in [-0.15, -0.1) is 0 Å². The number of amides is 1. The van der Waals surface area contributed by atoms with Crippen molar-refractivity contribution in [3.05, 3.63) is 41.3 Å². The molecule has 0 aliphatic carbocycles. The molecule has 1 amide bonds. The zero-order chi connectivity index (χ0) is 21.9.